The zero-order valence-corrected chi connectivity index (χ0v) is 11.6. The molecular weight excluding hydrogens is 204 g/mol. The minimum Gasteiger partial charge on any atom is -0.0587 e. The predicted octanol–water partition coefficient (Wildman–Crippen LogP) is 4.81. The van der Waals surface area contributed by atoms with Gasteiger partial charge in [0.15, 0.2) is 0 Å². The monoisotopic (exact) mass is 228 g/mol. The first-order valence-electron chi connectivity index (χ1n) is 7.17. The van der Waals surface area contributed by atoms with Crippen molar-refractivity contribution >= 4 is 0 Å². The minimum absolute atomic E-state index is 0.680. The summed E-state index contributed by atoms with van der Waals surface area (Å²) in [6, 6.07) is 4.81. The van der Waals surface area contributed by atoms with Crippen LogP contribution in [0.3, 0.4) is 0 Å². The fourth-order valence-electron chi connectivity index (χ4n) is 3.57. The van der Waals surface area contributed by atoms with Crippen LogP contribution in [0.4, 0.5) is 0 Å². The lowest BCUT2D eigenvalue weighted by Gasteiger charge is -2.17. The molecule has 0 bridgehead atoms. The average molecular weight is 228 g/mol. The van der Waals surface area contributed by atoms with Crippen molar-refractivity contribution in [3.05, 3.63) is 34.4 Å². The molecule has 3 rings (SSSR count). The topological polar surface area (TPSA) is 0 Å². The Kier molecular flexibility index (Phi) is 2.40. The molecule has 1 spiro atoms. The van der Waals surface area contributed by atoms with Crippen LogP contribution < -0.4 is 0 Å². The number of rotatable bonds is 2. The normalized spacial score (nSPS) is 20.4. The van der Waals surface area contributed by atoms with Crippen molar-refractivity contribution in [2.24, 2.45) is 5.41 Å². The van der Waals surface area contributed by atoms with Crippen LogP contribution in [0.25, 0.3) is 0 Å². The van der Waals surface area contributed by atoms with E-state index in [1.54, 1.807) is 22.3 Å². The maximum absolute atomic E-state index is 2.40. The summed E-state index contributed by atoms with van der Waals surface area (Å²) in [5.74, 6) is 1.36. The van der Waals surface area contributed by atoms with Gasteiger partial charge in [-0.1, -0.05) is 39.8 Å². The van der Waals surface area contributed by atoms with Gasteiger partial charge in [0.1, 0.15) is 0 Å². The van der Waals surface area contributed by atoms with E-state index >= 15 is 0 Å². The van der Waals surface area contributed by atoms with Crippen LogP contribution >= 0.6 is 0 Å². The zero-order chi connectivity index (χ0) is 12.2. The molecule has 0 saturated heterocycles. The number of hydrogen-bond donors (Lipinski definition) is 0. The maximum atomic E-state index is 2.40. The van der Waals surface area contributed by atoms with E-state index in [1.165, 1.54) is 25.7 Å². The third-order valence-corrected chi connectivity index (χ3v) is 4.81. The Balaban J connectivity index is 2.12. The molecule has 0 amide bonds. The summed E-state index contributed by atoms with van der Waals surface area (Å²) in [6.07, 6.45) is 5.68. The van der Waals surface area contributed by atoms with Gasteiger partial charge in [-0.2, -0.15) is 0 Å². The van der Waals surface area contributed by atoms with Crippen molar-refractivity contribution in [1.82, 2.24) is 0 Å². The Morgan fingerprint density at radius 1 is 0.824 bits per heavy atom. The molecule has 92 valence electrons. The quantitative estimate of drug-likeness (QED) is 0.681. The van der Waals surface area contributed by atoms with Crippen LogP contribution in [-0.4, -0.2) is 0 Å². The summed E-state index contributed by atoms with van der Waals surface area (Å²) < 4.78 is 0. The lowest BCUT2D eigenvalue weighted by Crippen LogP contribution is -2.01. The van der Waals surface area contributed by atoms with E-state index in [-0.39, 0.29) is 0 Å². The molecule has 0 heteroatoms. The minimum atomic E-state index is 0.680. The predicted molar refractivity (Wildman–Crippen MR) is 73.7 cm³/mol. The second-order valence-electron chi connectivity index (χ2n) is 6.86. The highest BCUT2D eigenvalue weighted by molar-refractivity contribution is 5.49. The highest BCUT2D eigenvalue weighted by Gasteiger charge is 2.48. The second kappa shape index (κ2) is 3.60. The van der Waals surface area contributed by atoms with E-state index in [2.05, 4.69) is 39.8 Å². The highest BCUT2D eigenvalue weighted by Crippen LogP contribution is 2.57. The highest BCUT2D eigenvalue weighted by atomic mass is 14.5. The summed E-state index contributed by atoms with van der Waals surface area (Å²) in [7, 11) is 0. The molecular formula is C17H24. The molecule has 0 heterocycles. The van der Waals surface area contributed by atoms with E-state index in [0.29, 0.717) is 17.3 Å². The van der Waals surface area contributed by atoms with Gasteiger partial charge in [-0.05, 0) is 65.2 Å². The third-order valence-electron chi connectivity index (χ3n) is 4.81. The van der Waals surface area contributed by atoms with Gasteiger partial charge in [0.05, 0.1) is 0 Å². The van der Waals surface area contributed by atoms with E-state index < -0.39 is 0 Å². The van der Waals surface area contributed by atoms with Crippen LogP contribution in [0.1, 0.15) is 74.6 Å². The summed E-state index contributed by atoms with van der Waals surface area (Å²) in [5.41, 5.74) is 7.39. The standard InChI is InChI=1S/C17H24/c1-11(2)13-5-6-14(12(3)4)16-10-17(7-8-17)9-15(13)16/h5-6,11-12H,7-10H2,1-4H3. The molecule has 1 aromatic rings. The Labute approximate surface area is 105 Å². The molecule has 17 heavy (non-hydrogen) atoms. The molecule has 1 saturated carbocycles. The molecule has 2 aliphatic carbocycles. The van der Waals surface area contributed by atoms with Gasteiger partial charge < -0.3 is 0 Å². The molecule has 0 radical (unpaired) electrons. The fraction of sp³-hybridized carbons (Fsp3) is 0.647. The van der Waals surface area contributed by atoms with Crippen molar-refractivity contribution < 1.29 is 0 Å². The van der Waals surface area contributed by atoms with E-state index in [1.807, 2.05) is 0 Å². The molecule has 0 atom stereocenters. The van der Waals surface area contributed by atoms with Crippen molar-refractivity contribution in [2.75, 3.05) is 0 Å². The first-order valence-corrected chi connectivity index (χ1v) is 7.17. The van der Waals surface area contributed by atoms with E-state index in [9.17, 15) is 0 Å². The molecule has 0 unspecified atom stereocenters. The van der Waals surface area contributed by atoms with Gasteiger partial charge in [-0.15, -0.1) is 0 Å². The smallest absolute Gasteiger partial charge is 0.0213 e. The Morgan fingerprint density at radius 3 is 1.53 bits per heavy atom. The maximum Gasteiger partial charge on any atom is -0.0213 e. The zero-order valence-electron chi connectivity index (χ0n) is 11.6. The van der Waals surface area contributed by atoms with Crippen LogP contribution in [0.5, 0.6) is 0 Å². The first kappa shape index (κ1) is 11.3. The van der Waals surface area contributed by atoms with E-state index in [4.69, 9.17) is 0 Å². The number of benzene rings is 1. The number of fused-ring (bicyclic) bond motifs is 1. The fourth-order valence-corrected chi connectivity index (χ4v) is 3.57. The molecule has 0 aromatic heterocycles. The first-order chi connectivity index (χ1) is 8.02. The van der Waals surface area contributed by atoms with Crippen molar-refractivity contribution in [2.45, 2.75) is 65.2 Å². The summed E-state index contributed by atoms with van der Waals surface area (Å²) in [4.78, 5) is 0. The van der Waals surface area contributed by atoms with Gasteiger partial charge in [0.2, 0.25) is 0 Å². The summed E-state index contributed by atoms with van der Waals surface area (Å²) >= 11 is 0. The molecule has 0 nitrogen and oxygen atoms in total. The van der Waals surface area contributed by atoms with Crippen molar-refractivity contribution in [1.29, 1.82) is 0 Å². The molecule has 1 aromatic carbocycles. The van der Waals surface area contributed by atoms with Gasteiger partial charge in [0.25, 0.3) is 0 Å². The third kappa shape index (κ3) is 1.73. The lowest BCUT2D eigenvalue weighted by molar-refractivity contribution is 0.546. The van der Waals surface area contributed by atoms with Crippen molar-refractivity contribution in [3.63, 3.8) is 0 Å². The number of hydrogen-bond acceptors (Lipinski definition) is 0. The average Bonchev–Trinajstić information content (AvgIpc) is 2.88. The van der Waals surface area contributed by atoms with Crippen LogP contribution in [0.2, 0.25) is 0 Å². The molecule has 1 fully saturated rings. The van der Waals surface area contributed by atoms with Crippen LogP contribution in [-0.2, 0) is 12.8 Å². The SMILES string of the molecule is CC(C)c1ccc(C(C)C)c2c1CC1(CC1)C2. The molecule has 0 N–H and O–H groups in total. The van der Waals surface area contributed by atoms with Gasteiger partial charge in [-0.3, -0.25) is 0 Å². The van der Waals surface area contributed by atoms with Gasteiger partial charge >= 0.3 is 0 Å². The molecule has 0 aliphatic heterocycles. The largest absolute Gasteiger partial charge is 0.0587 e. The van der Waals surface area contributed by atoms with Gasteiger partial charge in [-0.25, -0.2) is 0 Å². The van der Waals surface area contributed by atoms with E-state index in [0.717, 1.165) is 0 Å². The van der Waals surface area contributed by atoms with Gasteiger partial charge in [0, 0.05) is 0 Å². The molecule has 2 aliphatic rings. The van der Waals surface area contributed by atoms with Crippen molar-refractivity contribution in [3.8, 4) is 0 Å². The lowest BCUT2D eigenvalue weighted by atomic mass is 9.88. The summed E-state index contributed by atoms with van der Waals surface area (Å²) in [5, 5.41) is 0. The second-order valence-corrected chi connectivity index (χ2v) is 6.86. The van der Waals surface area contributed by atoms with Crippen LogP contribution in [0.15, 0.2) is 12.1 Å². The Bertz CT molecular complexity index is 408. The van der Waals surface area contributed by atoms with Crippen LogP contribution in [0, 0.1) is 5.41 Å². The Hall–Kier alpha value is -0.780. The Morgan fingerprint density at radius 2 is 1.24 bits per heavy atom. The summed E-state index contributed by atoms with van der Waals surface area (Å²) in [6.45, 7) is 9.34.